The Morgan fingerprint density at radius 2 is 1.80 bits per heavy atom. The van der Waals surface area contributed by atoms with Crippen molar-refractivity contribution in [1.82, 2.24) is 10.6 Å². The van der Waals surface area contributed by atoms with E-state index in [0.29, 0.717) is 16.7 Å². The number of carbonyl (C=O) groups is 2. The van der Waals surface area contributed by atoms with E-state index >= 15 is 0 Å². The second-order valence-electron chi connectivity index (χ2n) is 6.71. The SMILES string of the molecule is Cc1ccc(C)c(C(=O)c2ccccc2C(=O)N[C@H]2CCCNC2)c1. The van der Waals surface area contributed by atoms with Gasteiger partial charge in [0, 0.05) is 23.7 Å². The van der Waals surface area contributed by atoms with Crippen LogP contribution in [-0.2, 0) is 0 Å². The molecule has 4 nitrogen and oxygen atoms in total. The molecule has 2 aromatic rings. The van der Waals surface area contributed by atoms with Gasteiger partial charge in [-0.05, 0) is 50.9 Å². The van der Waals surface area contributed by atoms with Crippen molar-refractivity contribution < 1.29 is 9.59 Å². The molecule has 1 aliphatic heterocycles. The van der Waals surface area contributed by atoms with Gasteiger partial charge >= 0.3 is 0 Å². The van der Waals surface area contributed by atoms with Crippen LogP contribution in [-0.4, -0.2) is 30.8 Å². The molecule has 0 spiro atoms. The van der Waals surface area contributed by atoms with Crippen LogP contribution in [0.4, 0.5) is 0 Å². The molecule has 1 heterocycles. The highest BCUT2D eigenvalue weighted by atomic mass is 16.2. The lowest BCUT2D eigenvalue weighted by Crippen LogP contribution is -2.45. The van der Waals surface area contributed by atoms with E-state index < -0.39 is 0 Å². The van der Waals surface area contributed by atoms with Crippen LogP contribution in [0.2, 0.25) is 0 Å². The Morgan fingerprint density at radius 3 is 2.52 bits per heavy atom. The van der Waals surface area contributed by atoms with Crippen molar-refractivity contribution in [3.05, 3.63) is 70.3 Å². The van der Waals surface area contributed by atoms with E-state index in [4.69, 9.17) is 0 Å². The van der Waals surface area contributed by atoms with Crippen molar-refractivity contribution in [3.8, 4) is 0 Å². The number of hydrogen-bond acceptors (Lipinski definition) is 3. The summed E-state index contributed by atoms with van der Waals surface area (Å²) in [5.41, 5.74) is 3.50. The molecule has 2 aromatic carbocycles. The van der Waals surface area contributed by atoms with Gasteiger partial charge < -0.3 is 10.6 Å². The molecular formula is C21H24N2O2. The Labute approximate surface area is 148 Å². The first-order valence-corrected chi connectivity index (χ1v) is 8.79. The van der Waals surface area contributed by atoms with Crippen molar-refractivity contribution in [2.75, 3.05) is 13.1 Å². The molecule has 3 rings (SSSR count). The summed E-state index contributed by atoms with van der Waals surface area (Å²) in [6.45, 7) is 5.65. The van der Waals surface area contributed by atoms with E-state index in [0.717, 1.165) is 37.1 Å². The molecule has 0 radical (unpaired) electrons. The number of ketones is 1. The minimum atomic E-state index is -0.178. The van der Waals surface area contributed by atoms with Crippen LogP contribution in [0.5, 0.6) is 0 Å². The molecule has 25 heavy (non-hydrogen) atoms. The van der Waals surface area contributed by atoms with Crippen molar-refractivity contribution in [3.63, 3.8) is 0 Å². The molecule has 0 aliphatic carbocycles. The minimum Gasteiger partial charge on any atom is -0.348 e. The summed E-state index contributed by atoms with van der Waals surface area (Å²) >= 11 is 0. The highest BCUT2D eigenvalue weighted by Gasteiger charge is 2.22. The molecule has 130 valence electrons. The van der Waals surface area contributed by atoms with Gasteiger partial charge in [-0.1, -0.05) is 35.9 Å². The van der Waals surface area contributed by atoms with Crippen LogP contribution in [0.25, 0.3) is 0 Å². The summed E-state index contributed by atoms with van der Waals surface area (Å²) < 4.78 is 0. The number of nitrogens with one attached hydrogen (secondary N) is 2. The summed E-state index contributed by atoms with van der Waals surface area (Å²) in [4.78, 5) is 25.8. The van der Waals surface area contributed by atoms with Crippen molar-refractivity contribution in [1.29, 1.82) is 0 Å². The maximum atomic E-state index is 13.0. The normalized spacial score (nSPS) is 17.1. The molecule has 1 amide bonds. The van der Waals surface area contributed by atoms with Gasteiger partial charge in [0.2, 0.25) is 0 Å². The molecule has 0 bridgehead atoms. The second-order valence-corrected chi connectivity index (χ2v) is 6.71. The fourth-order valence-corrected chi connectivity index (χ4v) is 3.24. The van der Waals surface area contributed by atoms with Crippen LogP contribution < -0.4 is 10.6 Å². The molecule has 1 aliphatic rings. The van der Waals surface area contributed by atoms with Gasteiger partial charge in [0.15, 0.2) is 5.78 Å². The molecule has 1 fully saturated rings. The zero-order valence-electron chi connectivity index (χ0n) is 14.8. The molecular weight excluding hydrogens is 312 g/mol. The zero-order valence-corrected chi connectivity index (χ0v) is 14.8. The number of aryl methyl sites for hydroxylation is 2. The monoisotopic (exact) mass is 336 g/mol. The number of benzene rings is 2. The average molecular weight is 336 g/mol. The average Bonchev–Trinajstić information content (AvgIpc) is 2.64. The van der Waals surface area contributed by atoms with E-state index in [9.17, 15) is 9.59 Å². The van der Waals surface area contributed by atoms with Crippen molar-refractivity contribution >= 4 is 11.7 Å². The summed E-state index contributed by atoms with van der Waals surface area (Å²) in [5, 5.41) is 6.34. The van der Waals surface area contributed by atoms with E-state index in [-0.39, 0.29) is 17.7 Å². The Hall–Kier alpha value is -2.46. The quantitative estimate of drug-likeness (QED) is 0.844. The number of amides is 1. The maximum Gasteiger partial charge on any atom is 0.252 e. The van der Waals surface area contributed by atoms with Gasteiger partial charge in [0.25, 0.3) is 5.91 Å². The molecule has 1 saturated heterocycles. The third-order valence-corrected chi connectivity index (χ3v) is 4.69. The van der Waals surface area contributed by atoms with E-state index in [2.05, 4.69) is 10.6 Å². The van der Waals surface area contributed by atoms with Crippen LogP contribution in [0, 0.1) is 13.8 Å². The van der Waals surface area contributed by atoms with Crippen molar-refractivity contribution in [2.45, 2.75) is 32.7 Å². The van der Waals surface area contributed by atoms with Crippen LogP contribution in [0.15, 0.2) is 42.5 Å². The fourth-order valence-electron chi connectivity index (χ4n) is 3.24. The zero-order chi connectivity index (χ0) is 17.8. The summed E-state index contributed by atoms with van der Waals surface area (Å²) in [6, 6.07) is 13.0. The molecule has 0 aromatic heterocycles. The third-order valence-electron chi connectivity index (χ3n) is 4.69. The Morgan fingerprint density at radius 1 is 1.04 bits per heavy atom. The van der Waals surface area contributed by atoms with Crippen LogP contribution in [0.3, 0.4) is 0 Å². The summed E-state index contributed by atoms with van der Waals surface area (Å²) in [6.07, 6.45) is 2.01. The van der Waals surface area contributed by atoms with Gasteiger partial charge in [0.1, 0.15) is 0 Å². The predicted molar refractivity (Wildman–Crippen MR) is 99.1 cm³/mol. The fraction of sp³-hybridized carbons (Fsp3) is 0.333. The number of carbonyl (C=O) groups excluding carboxylic acids is 2. The Balaban J connectivity index is 1.88. The smallest absolute Gasteiger partial charge is 0.252 e. The molecule has 1 atom stereocenters. The molecule has 4 heteroatoms. The van der Waals surface area contributed by atoms with Gasteiger partial charge in [0.05, 0.1) is 5.56 Å². The largest absolute Gasteiger partial charge is 0.348 e. The maximum absolute atomic E-state index is 13.0. The Bertz CT molecular complexity index is 792. The van der Waals surface area contributed by atoms with Gasteiger partial charge in [-0.2, -0.15) is 0 Å². The first-order chi connectivity index (χ1) is 12.1. The van der Waals surface area contributed by atoms with Crippen LogP contribution in [0.1, 0.15) is 50.2 Å². The van der Waals surface area contributed by atoms with E-state index in [1.165, 1.54) is 0 Å². The Kier molecular flexibility index (Phi) is 5.29. The van der Waals surface area contributed by atoms with Crippen molar-refractivity contribution in [2.24, 2.45) is 0 Å². The highest BCUT2D eigenvalue weighted by Crippen LogP contribution is 2.19. The predicted octanol–water partition coefficient (Wildman–Crippen LogP) is 3.02. The topological polar surface area (TPSA) is 58.2 Å². The highest BCUT2D eigenvalue weighted by molar-refractivity contribution is 6.16. The second kappa shape index (κ2) is 7.62. The standard InChI is InChI=1S/C21H24N2O2/c1-14-9-10-15(2)19(12-14)20(24)17-7-3-4-8-18(17)21(25)23-16-6-5-11-22-13-16/h3-4,7-10,12,16,22H,5-6,11,13H2,1-2H3,(H,23,25)/t16-/m0/s1. The number of hydrogen-bond donors (Lipinski definition) is 2. The summed E-state index contributed by atoms with van der Waals surface area (Å²) in [5.74, 6) is -0.281. The van der Waals surface area contributed by atoms with E-state index in [1.54, 1.807) is 24.3 Å². The molecule has 2 N–H and O–H groups in total. The van der Waals surface area contributed by atoms with Crippen LogP contribution >= 0.6 is 0 Å². The number of piperidine rings is 1. The van der Waals surface area contributed by atoms with Gasteiger partial charge in [-0.25, -0.2) is 0 Å². The number of rotatable bonds is 4. The minimum absolute atomic E-state index is 0.103. The summed E-state index contributed by atoms with van der Waals surface area (Å²) in [7, 11) is 0. The lowest BCUT2D eigenvalue weighted by molar-refractivity contribution is 0.0921. The molecule has 0 saturated carbocycles. The lowest BCUT2D eigenvalue weighted by atomic mass is 9.94. The third kappa shape index (κ3) is 3.97. The van der Waals surface area contributed by atoms with Gasteiger partial charge in [-0.3, -0.25) is 9.59 Å². The van der Waals surface area contributed by atoms with Gasteiger partial charge in [-0.15, -0.1) is 0 Å². The lowest BCUT2D eigenvalue weighted by Gasteiger charge is -2.24. The van der Waals surface area contributed by atoms with E-state index in [1.807, 2.05) is 32.0 Å². The molecule has 0 unspecified atom stereocenters. The first-order valence-electron chi connectivity index (χ1n) is 8.79. The first kappa shape index (κ1) is 17.4.